The second-order valence-electron chi connectivity index (χ2n) is 10.2. The third-order valence-electron chi connectivity index (χ3n) is 8.54. The summed E-state index contributed by atoms with van der Waals surface area (Å²) in [5, 5.41) is 14.8. The largest absolute Gasteiger partial charge is 0.481 e. The van der Waals surface area contributed by atoms with Crippen LogP contribution in [0.3, 0.4) is 0 Å². The van der Waals surface area contributed by atoms with Gasteiger partial charge in [0.25, 0.3) is 5.56 Å². The molecular formula is C22H28ClN3O5. The zero-order valence-electron chi connectivity index (χ0n) is 17.5. The Morgan fingerprint density at radius 1 is 1.13 bits per heavy atom. The van der Waals surface area contributed by atoms with E-state index in [-0.39, 0.29) is 16.5 Å². The van der Waals surface area contributed by atoms with Crippen LogP contribution in [-0.2, 0) is 19.8 Å². The average Bonchev–Trinajstić information content (AvgIpc) is 3.17. The fraction of sp³-hybridized carbons (Fsp3) is 0.773. The molecule has 31 heavy (non-hydrogen) atoms. The molecule has 9 heteroatoms. The van der Waals surface area contributed by atoms with E-state index in [4.69, 9.17) is 21.1 Å². The highest BCUT2D eigenvalue weighted by Gasteiger charge is 2.61. The maximum absolute atomic E-state index is 13.5. The van der Waals surface area contributed by atoms with Gasteiger partial charge in [-0.15, -0.1) is 0 Å². The molecule has 0 radical (unpaired) electrons. The molecule has 6 fully saturated rings. The van der Waals surface area contributed by atoms with Crippen LogP contribution >= 0.6 is 11.6 Å². The smallest absolute Gasteiger partial charge is 0.309 e. The summed E-state index contributed by atoms with van der Waals surface area (Å²) in [6.07, 6.45) is 7.55. The van der Waals surface area contributed by atoms with Crippen LogP contribution in [0.1, 0.15) is 44.9 Å². The molecule has 3 heterocycles. The Morgan fingerprint density at radius 3 is 2.39 bits per heavy atom. The average molecular weight is 450 g/mol. The van der Waals surface area contributed by atoms with Gasteiger partial charge in [-0.2, -0.15) is 5.10 Å². The topological polar surface area (TPSA) is 93.9 Å². The van der Waals surface area contributed by atoms with E-state index in [1.807, 2.05) is 0 Å². The molecule has 6 aliphatic rings. The number of aliphatic carboxylic acids is 1. The van der Waals surface area contributed by atoms with Gasteiger partial charge in [0, 0.05) is 25.9 Å². The molecule has 1 N–H and O–H groups in total. The molecule has 4 saturated carbocycles. The van der Waals surface area contributed by atoms with Crippen molar-refractivity contribution in [3.8, 4) is 0 Å². The van der Waals surface area contributed by atoms with Crippen LogP contribution in [0.15, 0.2) is 11.0 Å². The van der Waals surface area contributed by atoms with Gasteiger partial charge in [0.1, 0.15) is 5.02 Å². The van der Waals surface area contributed by atoms with Crippen molar-refractivity contribution in [2.24, 2.45) is 23.7 Å². The standard InChI is InChI=1S/C22H28ClN3O5/c23-18-16(25-3-1-22(2-4-25)30-5-6-31-22)12-24-26(19(18)27)21-10-13-7-14(11-21)9-15(8-13)17(21)20(28)29/h12-15,17H,1-11H2,(H,28,29)/t13-,14-,15?,17+,21?/m0/s1. The number of hydrogen-bond donors (Lipinski definition) is 1. The second kappa shape index (κ2) is 6.93. The predicted molar refractivity (Wildman–Crippen MR) is 112 cm³/mol. The Labute approximate surface area is 185 Å². The third-order valence-corrected chi connectivity index (χ3v) is 8.90. The number of carboxylic acids is 1. The maximum Gasteiger partial charge on any atom is 0.309 e. The minimum Gasteiger partial charge on any atom is -0.481 e. The Hall–Kier alpha value is -1.64. The maximum atomic E-state index is 13.5. The van der Waals surface area contributed by atoms with Crippen LogP contribution in [0.4, 0.5) is 5.69 Å². The van der Waals surface area contributed by atoms with E-state index >= 15 is 0 Å². The van der Waals surface area contributed by atoms with E-state index in [2.05, 4.69) is 10.00 Å². The van der Waals surface area contributed by atoms with Crippen molar-refractivity contribution in [1.29, 1.82) is 0 Å². The summed E-state index contributed by atoms with van der Waals surface area (Å²) >= 11 is 6.63. The molecule has 2 saturated heterocycles. The first-order valence-electron chi connectivity index (χ1n) is 11.4. The molecule has 4 bridgehead atoms. The number of aromatic nitrogens is 2. The molecule has 1 aromatic rings. The minimum absolute atomic E-state index is 0.126. The number of hydrogen-bond acceptors (Lipinski definition) is 6. The molecule has 4 aliphatic carbocycles. The Kier molecular flexibility index (Phi) is 4.47. The first-order valence-corrected chi connectivity index (χ1v) is 11.8. The van der Waals surface area contributed by atoms with Crippen molar-refractivity contribution in [1.82, 2.24) is 9.78 Å². The van der Waals surface area contributed by atoms with Crippen molar-refractivity contribution >= 4 is 23.3 Å². The monoisotopic (exact) mass is 449 g/mol. The van der Waals surface area contributed by atoms with E-state index in [1.54, 1.807) is 6.20 Å². The molecule has 8 nitrogen and oxygen atoms in total. The Morgan fingerprint density at radius 2 is 1.77 bits per heavy atom. The van der Waals surface area contributed by atoms with E-state index in [0.29, 0.717) is 69.5 Å². The zero-order chi connectivity index (χ0) is 21.4. The summed E-state index contributed by atoms with van der Waals surface area (Å²) in [5.41, 5.74) is -0.495. The van der Waals surface area contributed by atoms with Crippen LogP contribution in [0.5, 0.6) is 0 Å². The van der Waals surface area contributed by atoms with E-state index in [1.165, 1.54) is 4.68 Å². The fourth-order valence-electron chi connectivity index (χ4n) is 7.57. The number of carbonyl (C=O) groups is 1. The molecule has 0 unspecified atom stereocenters. The number of halogens is 1. The Bertz CT molecular complexity index is 950. The SMILES string of the molecule is O=C(O)[C@H]1C2C[C@@H]3C[C@@H](C2)CC1(n1ncc(N2CCC4(CC2)OCCO4)c(Cl)c1=O)C3. The lowest BCUT2D eigenvalue weighted by atomic mass is 9.48. The summed E-state index contributed by atoms with van der Waals surface area (Å²) in [6, 6.07) is 0. The number of nitrogens with zero attached hydrogens (tertiary/aromatic N) is 3. The first kappa shape index (κ1) is 20.0. The molecule has 168 valence electrons. The van der Waals surface area contributed by atoms with Gasteiger partial charge in [-0.25, -0.2) is 4.68 Å². The van der Waals surface area contributed by atoms with Gasteiger partial charge in [0.2, 0.25) is 0 Å². The molecule has 3 atom stereocenters. The van der Waals surface area contributed by atoms with E-state index in [0.717, 1.165) is 19.3 Å². The third kappa shape index (κ3) is 2.91. The van der Waals surface area contributed by atoms with Crippen LogP contribution in [0.25, 0.3) is 0 Å². The highest BCUT2D eigenvalue weighted by Crippen LogP contribution is 2.61. The minimum atomic E-state index is -0.810. The number of ether oxygens (including phenoxy) is 2. The molecule has 2 aliphatic heterocycles. The number of carboxylic acid groups (broad SMARTS) is 1. The van der Waals surface area contributed by atoms with Gasteiger partial charge < -0.3 is 19.5 Å². The lowest BCUT2D eigenvalue weighted by Gasteiger charge is -2.59. The second-order valence-corrected chi connectivity index (χ2v) is 10.6. The molecule has 0 aromatic carbocycles. The summed E-state index contributed by atoms with van der Waals surface area (Å²) in [6.45, 7) is 2.57. The van der Waals surface area contributed by atoms with Crippen LogP contribution < -0.4 is 10.5 Å². The molecular weight excluding hydrogens is 422 g/mol. The fourth-order valence-corrected chi connectivity index (χ4v) is 7.82. The lowest BCUT2D eigenvalue weighted by Crippen LogP contribution is -2.63. The highest BCUT2D eigenvalue weighted by atomic mass is 35.5. The van der Waals surface area contributed by atoms with Gasteiger partial charge in [-0.05, 0) is 49.9 Å². The lowest BCUT2D eigenvalue weighted by molar-refractivity contribution is -0.169. The normalized spacial score (nSPS) is 38.2. The molecule has 7 rings (SSSR count). The van der Waals surface area contributed by atoms with E-state index < -0.39 is 23.2 Å². The van der Waals surface area contributed by atoms with Crippen molar-refractivity contribution in [3.05, 3.63) is 21.6 Å². The number of rotatable bonds is 3. The molecule has 1 aromatic heterocycles. The summed E-state index contributed by atoms with van der Waals surface area (Å²) < 4.78 is 13.0. The first-order chi connectivity index (χ1) is 14.9. The zero-order valence-corrected chi connectivity index (χ0v) is 18.2. The van der Waals surface area contributed by atoms with Gasteiger partial charge >= 0.3 is 5.97 Å². The number of piperidine rings is 1. The molecule has 1 spiro atoms. The van der Waals surface area contributed by atoms with E-state index in [9.17, 15) is 14.7 Å². The summed E-state index contributed by atoms with van der Waals surface area (Å²) in [4.78, 5) is 27.8. The van der Waals surface area contributed by atoms with Crippen LogP contribution in [-0.4, -0.2) is 52.9 Å². The number of anilines is 1. The molecule has 0 amide bonds. The van der Waals surface area contributed by atoms with Crippen molar-refractivity contribution in [3.63, 3.8) is 0 Å². The quantitative estimate of drug-likeness (QED) is 0.757. The van der Waals surface area contributed by atoms with Crippen molar-refractivity contribution in [2.45, 2.75) is 56.3 Å². The van der Waals surface area contributed by atoms with Crippen LogP contribution in [0, 0.1) is 23.7 Å². The van der Waals surface area contributed by atoms with Crippen LogP contribution in [0.2, 0.25) is 5.02 Å². The highest BCUT2D eigenvalue weighted by molar-refractivity contribution is 6.33. The Balaban J connectivity index is 1.34. The van der Waals surface area contributed by atoms with Crippen molar-refractivity contribution < 1.29 is 19.4 Å². The van der Waals surface area contributed by atoms with Gasteiger partial charge in [0.05, 0.1) is 36.6 Å². The van der Waals surface area contributed by atoms with Gasteiger partial charge in [0.15, 0.2) is 5.79 Å². The summed E-state index contributed by atoms with van der Waals surface area (Å²) in [7, 11) is 0. The van der Waals surface area contributed by atoms with Gasteiger partial charge in [-0.3, -0.25) is 9.59 Å². The van der Waals surface area contributed by atoms with Crippen molar-refractivity contribution in [2.75, 3.05) is 31.2 Å². The van der Waals surface area contributed by atoms with Gasteiger partial charge in [-0.1, -0.05) is 11.6 Å². The summed E-state index contributed by atoms with van der Waals surface area (Å²) in [5.74, 6) is -0.802. The predicted octanol–water partition coefficient (Wildman–Crippen LogP) is 2.48.